The Morgan fingerprint density at radius 2 is 2.08 bits per heavy atom. The highest BCUT2D eigenvalue weighted by Gasteiger charge is 2.19. The fourth-order valence-electron chi connectivity index (χ4n) is 2.71. The summed E-state index contributed by atoms with van der Waals surface area (Å²) >= 11 is 1.50. The summed E-state index contributed by atoms with van der Waals surface area (Å²) in [6.45, 7) is 1.91. The number of thiazole rings is 1. The Morgan fingerprint density at radius 1 is 1.29 bits per heavy atom. The van der Waals surface area contributed by atoms with E-state index in [1.807, 2.05) is 44.3 Å². The average Bonchev–Trinajstić information content (AvgIpc) is 3.15. The van der Waals surface area contributed by atoms with E-state index >= 15 is 0 Å². The smallest absolute Gasteiger partial charge is 0.261 e. The molecule has 7 heteroatoms. The lowest BCUT2D eigenvalue weighted by molar-refractivity contribution is 0.0993. The lowest BCUT2D eigenvalue weighted by Gasteiger charge is -2.13. The number of para-hydroxylation sites is 1. The van der Waals surface area contributed by atoms with Crippen LogP contribution in [-0.2, 0) is 7.05 Å². The van der Waals surface area contributed by atoms with Crippen molar-refractivity contribution in [2.75, 3.05) is 11.9 Å². The van der Waals surface area contributed by atoms with E-state index < -0.39 is 0 Å². The molecule has 0 N–H and O–H groups in total. The number of aromatic nitrogens is 4. The van der Waals surface area contributed by atoms with Crippen LogP contribution in [0.2, 0.25) is 0 Å². The maximum Gasteiger partial charge on any atom is 0.261 e. The first-order valence-corrected chi connectivity index (χ1v) is 8.29. The van der Waals surface area contributed by atoms with Crippen LogP contribution in [0.1, 0.15) is 16.1 Å². The van der Waals surface area contributed by atoms with Crippen molar-refractivity contribution >= 4 is 43.6 Å². The SMILES string of the molecule is Cc1nn(C)c2ncc(C(=O)N(C)c3nc4ccccc4s3)cc12. The average molecular weight is 337 g/mol. The van der Waals surface area contributed by atoms with Gasteiger partial charge in [0.05, 0.1) is 21.5 Å². The molecule has 3 heterocycles. The number of hydrogen-bond donors (Lipinski definition) is 0. The van der Waals surface area contributed by atoms with Crippen molar-refractivity contribution in [2.24, 2.45) is 7.05 Å². The first-order valence-electron chi connectivity index (χ1n) is 7.47. The van der Waals surface area contributed by atoms with Crippen LogP contribution in [0.4, 0.5) is 5.13 Å². The Labute approximate surface area is 142 Å². The minimum Gasteiger partial charge on any atom is -0.287 e. The van der Waals surface area contributed by atoms with Gasteiger partial charge in [-0.05, 0) is 25.1 Å². The second-order valence-electron chi connectivity index (χ2n) is 5.63. The summed E-state index contributed by atoms with van der Waals surface area (Å²) in [6, 6.07) is 9.70. The van der Waals surface area contributed by atoms with Crippen LogP contribution in [0, 0.1) is 6.92 Å². The van der Waals surface area contributed by atoms with E-state index in [0.717, 1.165) is 26.9 Å². The summed E-state index contributed by atoms with van der Waals surface area (Å²) in [5.41, 5.74) is 3.05. The molecule has 1 aromatic carbocycles. The summed E-state index contributed by atoms with van der Waals surface area (Å²) in [4.78, 5) is 23.3. The van der Waals surface area contributed by atoms with E-state index in [4.69, 9.17) is 0 Å². The normalized spacial score (nSPS) is 11.3. The van der Waals surface area contributed by atoms with Gasteiger partial charge in [0.25, 0.3) is 5.91 Å². The zero-order valence-electron chi connectivity index (χ0n) is 13.5. The topological polar surface area (TPSA) is 63.9 Å². The third-order valence-corrected chi connectivity index (χ3v) is 5.10. The first-order chi connectivity index (χ1) is 11.5. The second-order valence-corrected chi connectivity index (χ2v) is 6.64. The molecule has 0 aliphatic carbocycles. The van der Waals surface area contributed by atoms with Crippen molar-refractivity contribution in [2.45, 2.75) is 6.92 Å². The van der Waals surface area contributed by atoms with Crippen LogP contribution in [-0.4, -0.2) is 32.7 Å². The third kappa shape index (κ3) is 2.25. The van der Waals surface area contributed by atoms with Crippen LogP contribution >= 0.6 is 11.3 Å². The van der Waals surface area contributed by atoms with Crippen molar-refractivity contribution in [1.29, 1.82) is 0 Å². The van der Waals surface area contributed by atoms with Gasteiger partial charge in [0.1, 0.15) is 0 Å². The Hall–Kier alpha value is -2.80. The zero-order valence-corrected chi connectivity index (χ0v) is 14.3. The monoisotopic (exact) mass is 337 g/mol. The summed E-state index contributed by atoms with van der Waals surface area (Å²) in [6.07, 6.45) is 1.59. The summed E-state index contributed by atoms with van der Waals surface area (Å²) in [7, 11) is 3.58. The first kappa shape index (κ1) is 14.8. The largest absolute Gasteiger partial charge is 0.287 e. The maximum absolute atomic E-state index is 12.8. The molecule has 3 aromatic heterocycles. The molecule has 0 bridgehead atoms. The zero-order chi connectivity index (χ0) is 16.8. The highest BCUT2D eigenvalue weighted by atomic mass is 32.1. The molecule has 0 aliphatic rings. The Bertz CT molecular complexity index is 1050. The van der Waals surface area contributed by atoms with E-state index in [1.165, 1.54) is 11.3 Å². The molecule has 6 nitrogen and oxygen atoms in total. The molecule has 0 radical (unpaired) electrons. The summed E-state index contributed by atoms with van der Waals surface area (Å²) < 4.78 is 2.78. The van der Waals surface area contributed by atoms with Gasteiger partial charge in [-0.15, -0.1) is 0 Å². The third-order valence-electron chi connectivity index (χ3n) is 3.98. The van der Waals surface area contributed by atoms with Gasteiger partial charge in [-0.1, -0.05) is 23.5 Å². The number of pyridine rings is 1. The van der Waals surface area contributed by atoms with Gasteiger partial charge in [0.2, 0.25) is 0 Å². The molecule has 4 rings (SSSR count). The minimum absolute atomic E-state index is 0.133. The van der Waals surface area contributed by atoms with Crippen LogP contribution < -0.4 is 4.90 Å². The molecule has 24 heavy (non-hydrogen) atoms. The molecule has 0 fully saturated rings. The number of hydrogen-bond acceptors (Lipinski definition) is 5. The van der Waals surface area contributed by atoms with Gasteiger partial charge in [-0.2, -0.15) is 5.10 Å². The van der Waals surface area contributed by atoms with E-state index in [0.29, 0.717) is 10.7 Å². The number of nitrogens with zero attached hydrogens (tertiary/aromatic N) is 5. The molecule has 0 atom stereocenters. The molecule has 0 aliphatic heterocycles. The quantitative estimate of drug-likeness (QED) is 0.563. The van der Waals surface area contributed by atoms with Crippen molar-refractivity contribution in [3.8, 4) is 0 Å². The second kappa shape index (κ2) is 5.38. The van der Waals surface area contributed by atoms with E-state index in [-0.39, 0.29) is 5.91 Å². The van der Waals surface area contributed by atoms with Crippen molar-refractivity contribution in [3.05, 3.63) is 47.8 Å². The number of carbonyl (C=O) groups is 1. The minimum atomic E-state index is -0.133. The maximum atomic E-state index is 12.8. The molecule has 4 aromatic rings. The number of benzene rings is 1. The number of rotatable bonds is 2. The lowest BCUT2D eigenvalue weighted by atomic mass is 10.2. The molecule has 0 saturated carbocycles. The standard InChI is InChI=1S/C17H15N5OS/c1-10-12-8-11(9-18-15(12)22(3)20-10)16(23)21(2)17-19-13-6-4-5-7-14(13)24-17/h4-9H,1-3H3. The summed E-state index contributed by atoms with van der Waals surface area (Å²) in [5.74, 6) is -0.133. The molecule has 120 valence electrons. The van der Waals surface area contributed by atoms with Gasteiger partial charge in [-0.3, -0.25) is 14.4 Å². The van der Waals surface area contributed by atoms with Crippen LogP contribution in [0.5, 0.6) is 0 Å². The van der Waals surface area contributed by atoms with Gasteiger partial charge >= 0.3 is 0 Å². The number of aryl methyl sites for hydroxylation is 2. The van der Waals surface area contributed by atoms with E-state index in [2.05, 4.69) is 15.1 Å². The van der Waals surface area contributed by atoms with E-state index in [1.54, 1.807) is 22.8 Å². The highest BCUT2D eigenvalue weighted by molar-refractivity contribution is 7.22. The molecule has 0 saturated heterocycles. The number of anilines is 1. The number of amides is 1. The van der Waals surface area contributed by atoms with Crippen molar-refractivity contribution in [3.63, 3.8) is 0 Å². The Morgan fingerprint density at radius 3 is 2.88 bits per heavy atom. The Balaban J connectivity index is 1.73. The fraction of sp³-hybridized carbons (Fsp3) is 0.176. The van der Waals surface area contributed by atoms with Crippen molar-refractivity contribution < 1.29 is 4.79 Å². The Kier molecular flexibility index (Phi) is 3.31. The molecule has 0 unspecified atom stereocenters. The van der Waals surface area contributed by atoms with Gasteiger partial charge < -0.3 is 0 Å². The van der Waals surface area contributed by atoms with Crippen LogP contribution in [0.25, 0.3) is 21.3 Å². The van der Waals surface area contributed by atoms with E-state index in [9.17, 15) is 4.79 Å². The number of fused-ring (bicyclic) bond motifs is 2. The molecule has 0 spiro atoms. The molecule has 1 amide bonds. The molecular weight excluding hydrogens is 322 g/mol. The fourth-order valence-corrected chi connectivity index (χ4v) is 3.63. The van der Waals surface area contributed by atoms with Gasteiger partial charge in [0, 0.05) is 25.7 Å². The van der Waals surface area contributed by atoms with Crippen molar-refractivity contribution in [1.82, 2.24) is 19.7 Å². The van der Waals surface area contributed by atoms with Gasteiger partial charge in [0.15, 0.2) is 10.8 Å². The lowest BCUT2D eigenvalue weighted by Crippen LogP contribution is -2.26. The predicted molar refractivity (Wildman–Crippen MR) is 95.6 cm³/mol. The molecular formula is C17H15N5OS. The van der Waals surface area contributed by atoms with Crippen LogP contribution in [0.15, 0.2) is 36.5 Å². The number of carbonyl (C=O) groups excluding carboxylic acids is 1. The predicted octanol–water partition coefficient (Wildman–Crippen LogP) is 3.16. The highest BCUT2D eigenvalue weighted by Crippen LogP contribution is 2.29. The van der Waals surface area contributed by atoms with Crippen LogP contribution in [0.3, 0.4) is 0 Å². The summed E-state index contributed by atoms with van der Waals surface area (Å²) in [5, 5.41) is 5.90. The van der Waals surface area contributed by atoms with Gasteiger partial charge in [-0.25, -0.2) is 9.97 Å².